The number of likely N-dealkylation sites (N-methyl/N-ethyl adjacent to an activating group) is 1. The minimum atomic E-state index is 0. The SMILES string of the molecule is CCN(CC)CCNCc1ccc(N(CC)CC)cc1.Cl.Cl. The predicted octanol–water partition coefficient (Wildman–Crippen LogP) is 3.81. The molecule has 0 radical (unpaired) electrons. The van der Waals surface area contributed by atoms with Gasteiger partial charge in [0.1, 0.15) is 0 Å². The van der Waals surface area contributed by atoms with E-state index in [1.54, 1.807) is 0 Å². The molecular formula is C17H33Cl2N3. The Labute approximate surface area is 149 Å². The van der Waals surface area contributed by atoms with Gasteiger partial charge >= 0.3 is 0 Å². The van der Waals surface area contributed by atoms with Crippen molar-refractivity contribution < 1.29 is 0 Å². The van der Waals surface area contributed by atoms with Crippen LogP contribution in [0.4, 0.5) is 5.69 Å². The third-order valence-electron chi connectivity index (χ3n) is 3.89. The quantitative estimate of drug-likeness (QED) is 0.648. The van der Waals surface area contributed by atoms with Gasteiger partial charge in [-0.15, -0.1) is 24.8 Å². The fraction of sp³-hybridized carbons (Fsp3) is 0.647. The molecule has 130 valence electrons. The number of halogens is 2. The molecule has 5 heteroatoms. The molecule has 1 N–H and O–H groups in total. The Bertz CT molecular complexity index is 349. The highest BCUT2D eigenvalue weighted by Gasteiger charge is 2.01. The van der Waals surface area contributed by atoms with Crippen molar-refractivity contribution in [2.45, 2.75) is 34.2 Å². The van der Waals surface area contributed by atoms with E-state index in [1.165, 1.54) is 11.3 Å². The van der Waals surface area contributed by atoms with Crippen LogP contribution >= 0.6 is 24.8 Å². The largest absolute Gasteiger partial charge is 0.372 e. The predicted molar refractivity (Wildman–Crippen MR) is 104 cm³/mol. The lowest BCUT2D eigenvalue weighted by molar-refractivity contribution is 0.302. The van der Waals surface area contributed by atoms with Crippen molar-refractivity contribution in [1.29, 1.82) is 0 Å². The van der Waals surface area contributed by atoms with Gasteiger partial charge in [0.05, 0.1) is 0 Å². The van der Waals surface area contributed by atoms with E-state index in [0.29, 0.717) is 0 Å². The monoisotopic (exact) mass is 349 g/mol. The van der Waals surface area contributed by atoms with Crippen molar-refractivity contribution >= 4 is 30.5 Å². The fourth-order valence-electron chi connectivity index (χ4n) is 2.42. The highest BCUT2D eigenvalue weighted by atomic mass is 35.5. The summed E-state index contributed by atoms with van der Waals surface area (Å²) in [6.45, 7) is 16.4. The lowest BCUT2D eigenvalue weighted by atomic mass is 10.2. The molecule has 0 aromatic heterocycles. The molecule has 0 aliphatic carbocycles. The number of hydrogen-bond acceptors (Lipinski definition) is 3. The topological polar surface area (TPSA) is 18.5 Å². The molecule has 0 bridgehead atoms. The van der Waals surface area contributed by atoms with E-state index in [-0.39, 0.29) is 24.8 Å². The van der Waals surface area contributed by atoms with Crippen LogP contribution in [0.3, 0.4) is 0 Å². The standard InChI is InChI=1S/C17H31N3.2ClH/c1-5-19(6-2)14-13-18-15-16-9-11-17(12-10-16)20(7-3)8-4;;/h9-12,18H,5-8,13-15H2,1-4H3;2*1H. The van der Waals surface area contributed by atoms with E-state index >= 15 is 0 Å². The molecule has 1 rings (SSSR count). The summed E-state index contributed by atoms with van der Waals surface area (Å²) in [5.41, 5.74) is 2.68. The van der Waals surface area contributed by atoms with Crippen molar-refractivity contribution in [1.82, 2.24) is 10.2 Å². The van der Waals surface area contributed by atoms with Gasteiger partial charge in [0.25, 0.3) is 0 Å². The Morgan fingerprint density at radius 3 is 1.82 bits per heavy atom. The zero-order valence-electron chi connectivity index (χ0n) is 14.5. The van der Waals surface area contributed by atoms with Crippen LogP contribution in [0, 0.1) is 0 Å². The van der Waals surface area contributed by atoms with Gasteiger partial charge in [-0.25, -0.2) is 0 Å². The van der Waals surface area contributed by atoms with Crippen LogP contribution < -0.4 is 10.2 Å². The summed E-state index contributed by atoms with van der Waals surface area (Å²) < 4.78 is 0. The molecule has 0 fully saturated rings. The third kappa shape index (κ3) is 8.23. The summed E-state index contributed by atoms with van der Waals surface area (Å²) in [4.78, 5) is 4.81. The average Bonchev–Trinajstić information content (AvgIpc) is 2.50. The van der Waals surface area contributed by atoms with Crippen LogP contribution in [0.15, 0.2) is 24.3 Å². The first-order valence-corrected chi connectivity index (χ1v) is 8.02. The lowest BCUT2D eigenvalue weighted by Crippen LogP contribution is -2.31. The van der Waals surface area contributed by atoms with Gasteiger partial charge < -0.3 is 15.1 Å². The van der Waals surface area contributed by atoms with Gasteiger partial charge in [-0.3, -0.25) is 0 Å². The molecule has 22 heavy (non-hydrogen) atoms. The highest BCUT2D eigenvalue weighted by molar-refractivity contribution is 5.85. The average molecular weight is 350 g/mol. The molecule has 1 aromatic rings. The molecular weight excluding hydrogens is 317 g/mol. The molecule has 0 aliphatic rings. The van der Waals surface area contributed by atoms with E-state index < -0.39 is 0 Å². The molecule has 0 spiro atoms. The summed E-state index contributed by atoms with van der Waals surface area (Å²) in [5, 5.41) is 3.52. The third-order valence-corrected chi connectivity index (χ3v) is 3.89. The smallest absolute Gasteiger partial charge is 0.0366 e. The zero-order valence-corrected chi connectivity index (χ0v) is 16.1. The van der Waals surface area contributed by atoms with E-state index in [0.717, 1.165) is 45.8 Å². The first-order chi connectivity index (χ1) is 9.74. The number of anilines is 1. The van der Waals surface area contributed by atoms with Crippen LogP contribution in [-0.2, 0) is 6.54 Å². The zero-order chi connectivity index (χ0) is 14.8. The van der Waals surface area contributed by atoms with Gasteiger partial charge in [0.15, 0.2) is 0 Å². The first-order valence-electron chi connectivity index (χ1n) is 8.02. The second kappa shape index (κ2) is 14.1. The van der Waals surface area contributed by atoms with Gasteiger partial charge in [0.2, 0.25) is 0 Å². The van der Waals surface area contributed by atoms with Gasteiger partial charge in [-0.1, -0.05) is 26.0 Å². The minimum Gasteiger partial charge on any atom is -0.372 e. The van der Waals surface area contributed by atoms with Crippen LogP contribution in [0.2, 0.25) is 0 Å². The Morgan fingerprint density at radius 2 is 1.36 bits per heavy atom. The molecule has 0 amide bonds. The van der Waals surface area contributed by atoms with Crippen molar-refractivity contribution in [2.75, 3.05) is 44.2 Å². The molecule has 0 saturated heterocycles. The molecule has 3 nitrogen and oxygen atoms in total. The maximum absolute atomic E-state index is 3.52. The molecule has 1 aromatic carbocycles. The van der Waals surface area contributed by atoms with Crippen LogP contribution in [0.25, 0.3) is 0 Å². The Morgan fingerprint density at radius 1 is 0.818 bits per heavy atom. The summed E-state index contributed by atoms with van der Waals surface area (Å²) in [6.07, 6.45) is 0. The van der Waals surface area contributed by atoms with Crippen molar-refractivity contribution in [2.24, 2.45) is 0 Å². The van der Waals surface area contributed by atoms with E-state index in [1.807, 2.05) is 0 Å². The van der Waals surface area contributed by atoms with Crippen LogP contribution in [-0.4, -0.2) is 44.2 Å². The summed E-state index contributed by atoms with van der Waals surface area (Å²) >= 11 is 0. The fourth-order valence-corrected chi connectivity index (χ4v) is 2.42. The van der Waals surface area contributed by atoms with Crippen molar-refractivity contribution in [3.8, 4) is 0 Å². The van der Waals surface area contributed by atoms with E-state index in [4.69, 9.17) is 0 Å². The van der Waals surface area contributed by atoms with Crippen molar-refractivity contribution in [3.63, 3.8) is 0 Å². The van der Waals surface area contributed by atoms with Gasteiger partial charge in [-0.05, 0) is 44.6 Å². The van der Waals surface area contributed by atoms with Crippen LogP contribution in [0.1, 0.15) is 33.3 Å². The second-order valence-electron chi connectivity index (χ2n) is 5.04. The van der Waals surface area contributed by atoms with E-state index in [9.17, 15) is 0 Å². The van der Waals surface area contributed by atoms with Crippen molar-refractivity contribution in [3.05, 3.63) is 29.8 Å². The maximum atomic E-state index is 3.52. The summed E-state index contributed by atoms with van der Waals surface area (Å²) in [7, 11) is 0. The first kappa shape index (κ1) is 23.8. The Hall–Kier alpha value is -0.480. The Balaban J connectivity index is 0. The summed E-state index contributed by atoms with van der Waals surface area (Å²) in [5.74, 6) is 0. The second-order valence-corrected chi connectivity index (χ2v) is 5.04. The van der Waals surface area contributed by atoms with Gasteiger partial charge in [0, 0.05) is 38.4 Å². The molecule has 0 atom stereocenters. The number of rotatable bonds is 10. The summed E-state index contributed by atoms with van der Waals surface area (Å²) in [6, 6.07) is 8.93. The van der Waals surface area contributed by atoms with E-state index in [2.05, 4.69) is 67.1 Å². The molecule has 0 heterocycles. The molecule has 0 aliphatic heterocycles. The van der Waals surface area contributed by atoms with Crippen LogP contribution in [0.5, 0.6) is 0 Å². The number of benzene rings is 1. The minimum absolute atomic E-state index is 0. The number of hydrogen-bond donors (Lipinski definition) is 1. The normalized spacial score (nSPS) is 10.0. The Kier molecular flexibility index (Phi) is 15.3. The number of nitrogens with one attached hydrogen (secondary N) is 1. The van der Waals surface area contributed by atoms with Gasteiger partial charge in [-0.2, -0.15) is 0 Å². The molecule has 0 unspecified atom stereocenters. The number of nitrogens with zero attached hydrogens (tertiary/aromatic N) is 2. The lowest BCUT2D eigenvalue weighted by Gasteiger charge is -2.21. The highest BCUT2D eigenvalue weighted by Crippen LogP contribution is 2.14. The maximum Gasteiger partial charge on any atom is 0.0366 e. The molecule has 0 saturated carbocycles.